The van der Waals surface area contributed by atoms with E-state index < -0.39 is 0 Å². The van der Waals surface area contributed by atoms with E-state index in [1.54, 1.807) is 6.20 Å². The van der Waals surface area contributed by atoms with Gasteiger partial charge in [0.15, 0.2) is 0 Å². The van der Waals surface area contributed by atoms with Gasteiger partial charge in [0.25, 0.3) is 0 Å². The molecule has 3 aromatic rings. The number of aromatic nitrogens is 1. The highest BCUT2D eigenvalue weighted by Gasteiger charge is 2.02. The second kappa shape index (κ2) is 5.21. The SMILES string of the molecule is Clc1nccc2c(N=Cc3ccccc3)cccc12. The fraction of sp³-hybridized carbons (Fsp3) is 0. The van der Waals surface area contributed by atoms with Crippen molar-refractivity contribution in [2.75, 3.05) is 0 Å². The topological polar surface area (TPSA) is 25.2 Å². The van der Waals surface area contributed by atoms with E-state index in [1.807, 2.05) is 60.8 Å². The predicted octanol–water partition coefficient (Wildman–Crippen LogP) is 4.64. The van der Waals surface area contributed by atoms with Gasteiger partial charge in [0.1, 0.15) is 5.15 Å². The molecule has 19 heavy (non-hydrogen) atoms. The summed E-state index contributed by atoms with van der Waals surface area (Å²) in [6, 6.07) is 17.8. The van der Waals surface area contributed by atoms with Gasteiger partial charge < -0.3 is 0 Å². The molecular weight excluding hydrogens is 256 g/mol. The first-order valence-corrected chi connectivity index (χ1v) is 6.35. The van der Waals surface area contributed by atoms with Gasteiger partial charge in [-0.05, 0) is 17.7 Å². The van der Waals surface area contributed by atoms with E-state index in [1.165, 1.54) is 0 Å². The van der Waals surface area contributed by atoms with E-state index in [9.17, 15) is 0 Å². The van der Waals surface area contributed by atoms with Crippen LogP contribution in [0.1, 0.15) is 5.56 Å². The Morgan fingerprint density at radius 1 is 0.895 bits per heavy atom. The molecule has 3 heteroatoms. The summed E-state index contributed by atoms with van der Waals surface area (Å²) >= 11 is 6.08. The molecule has 0 N–H and O–H groups in total. The Balaban J connectivity index is 2.07. The number of halogens is 1. The Hall–Kier alpha value is -2.19. The number of rotatable bonds is 2. The van der Waals surface area contributed by atoms with E-state index in [0.29, 0.717) is 5.15 Å². The fourth-order valence-electron chi connectivity index (χ4n) is 1.95. The van der Waals surface area contributed by atoms with Crippen LogP contribution >= 0.6 is 11.6 Å². The Kier molecular flexibility index (Phi) is 3.25. The zero-order valence-corrected chi connectivity index (χ0v) is 10.9. The van der Waals surface area contributed by atoms with E-state index >= 15 is 0 Å². The van der Waals surface area contributed by atoms with Crippen molar-refractivity contribution in [3.63, 3.8) is 0 Å². The van der Waals surface area contributed by atoms with Crippen molar-refractivity contribution < 1.29 is 0 Å². The fourth-order valence-corrected chi connectivity index (χ4v) is 2.17. The molecule has 0 aliphatic rings. The number of nitrogens with zero attached hydrogens (tertiary/aromatic N) is 2. The summed E-state index contributed by atoms with van der Waals surface area (Å²) in [5.74, 6) is 0. The maximum absolute atomic E-state index is 6.08. The lowest BCUT2D eigenvalue weighted by Crippen LogP contribution is -1.81. The summed E-state index contributed by atoms with van der Waals surface area (Å²) in [4.78, 5) is 8.61. The van der Waals surface area contributed by atoms with Gasteiger partial charge in [0, 0.05) is 23.2 Å². The molecule has 92 valence electrons. The van der Waals surface area contributed by atoms with Crippen LogP contribution in [0.5, 0.6) is 0 Å². The second-order valence-corrected chi connectivity index (χ2v) is 4.50. The van der Waals surface area contributed by atoms with Gasteiger partial charge in [-0.1, -0.05) is 54.1 Å². The molecule has 1 heterocycles. The van der Waals surface area contributed by atoms with E-state index in [2.05, 4.69) is 9.98 Å². The van der Waals surface area contributed by atoms with E-state index in [4.69, 9.17) is 11.6 Å². The summed E-state index contributed by atoms with van der Waals surface area (Å²) in [5.41, 5.74) is 1.96. The van der Waals surface area contributed by atoms with Gasteiger partial charge in [-0.15, -0.1) is 0 Å². The molecule has 0 aliphatic carbocycles. The Bertz CT molecular complexity index is 736. The minimum atomic E-state index is 0.509. The van der Waals surface area contributed by atoms with Crippen molar-refractivity contribution in [1.29, 1.82) is 0 Å². The summed E-state index contributed by atoms with van der Waals surface area (Å²) in [7, 11) is 0. The van der Waals surface area contributed by atoms with Crippen LogP contribution in [0.3, 0.4) is 0 Å². The first-order chi connectivity index (χ1) is 9.34. The lowest BCUT2D eigenvalue weighted by Gasteiger charge is -2.02. The Labute approximate surface area is 116 Å². The van der Waals surface area contributed by atoms with Crippen molar-refractivity contribution in [3.05, 3.63) is 71.5 Å². The Morgan fingerprint density at radius 2 is 1.74 bits per heavy atom. The predicted molar refractivity (Wildman–Crippen MR) is 80.4 cm³/mol. The third kappa shape index (κ3) is 2.49. The molecule has 0 unspecified atom stereocenters. The lowest BCUT2D eigenvalue weighted by atomic mass is 10.1. The third-order valence-corrected chi connectivity index (χ3v) is 3.19. The molecule has 0 aliphatic heterocycles. The van der Waals surface area contributed by atoms with Crippen molar-refractivity contribution in [2.24, 2.45) is 4.99 Å². The van der Waals surface area contributed by atoms with Gasteiger partial charge in [0.05, 0.1) is 5.69 Å². The molecular formula is C16H11ClN2. The maximum Gasteiger partial charge on any atom is 0.136 e. The monoisotopic (exact) mass is 266 g/mol. The third-order valence-electron chi connectivity index (χ3n) is 2.89. The molecule has 2 aromatic carbocycles. The summed E-state index contributed by atoms with van der Waals surface area (Å²) in [5, 5.41) is 2.44. The second-order valence-electron chi connectivity index (χ2n) is 4.14. The minimum Gasteiger partial charge on any atom is -0.256 e. The molecule has 0 saturated carbocycles. The standard InChI is InChI=1S/C16H11ClN2/c17-16-14-7-4-8-15(13(14)9-10-18-16)19-11-12-5-2-1-3-6-12/h1-11H. The average Bonchev–Trinajstić information content (AvgIpc) is 2.47. The van der Waals surface area contributed by atoms with Crippen LogP contribution in [0.15, 0.2) is 65.8 Å². The number of pyridine rings is 1. The molecule has 0 saturated heterocycles. The number of benzene rings is 2. The largest absolute Gasteiger partial charge is 0.256 e. The molecule has 0 fully saturated rings. The number of fused-ring (bicyclic) bond motifs is 1. The number of hydrogen-bond donors (Lipinski definition) is 0. The first-order valence-electron chi connectivity index (χ1n) is 5.97. The summed E-state index contributed by atoms with van der Waals surface area (Å²) in [6.45, 7) is 0. The highest BCUT2D eigenvalue weighted by atomic mass is 35.5. The number of aliphatic imine (C=N–C) groups is 1. The van der Waals surface area contributed by atoms with Crippen molar-refractivity contribution in [1.82, 2.24) is 4.98 Å². The first kappa shape index (κ1) is 11.9. The molecule has 3 rings (SSSR count). The molecule has 0 atom stereocenters. The van der Waals surface area contributed by atoms with Crippen molar-refractivity contribution >= 4 is 34.3 Å². The van der Waals surface area contributed by atoms with Gasteiger partial charge in [-0.2, -0.15) is 0 Å². The quantitative estimate of drug-likeness (QED) is 0.490. The normalized spacial score (nSPS) is 11.2. The van der Waals surface area contributed by atoms with E-state index in [0.717, 1.165) is 22.0 Å². The van der Waals surface area contributed by atoms with Crippen molar-refractivity contribution in [2.45, 2.75) is 0 Å². The maximum atomic E-state index is 6.08. The van der Waals surface area contributed by atoms with Gasteiger partial charge in [-0.3, -0.25) is 4.99 Å². The van der Waals surface area contributed by atoms with Crippen molar-refractivity contribution in [3.8, 4) is 0 Å². The average molecular weight is 267 g/mol. The Morgan fingerprint density at radius 3 is 2.58 bits per heavy atom. The van der Waals surface area contributed by atoms with Gasteiger partial charge >= 0.3 is 0 Å². The molecule has 0 bridgehead atoms. The molecule has 0 spiro atoms. The van der Waals surface area contributed by atoms with Crippen LogP contribution in [0.25, 0.3) is 10.8 Å². The molecule has 1 aromatic heterocycles. The van der Waals surface area contributed by atoms with E-state index in [-0.39, 0.29) is 0 Å². The zero-order valence-electron chi connectivity index (χ0n) is 10.1. The zero-order chi connectivity index (χ0) is 13.1. The van der Waals surface area contributed by atoms with Gasteiger partial charge in [-0.25, -0.2) is 4.98 Å². The lowest BCUT2D eigenvalue weighted by molar-refractivity contribution is 1.36. The highest BCUT2D eigenvalue weighted by Crippen LogP contribution is 2.29. The van der Waals surface area contributed by atoms with Crippen LogP contribution in [0.2, 0.25) is 5.15 Å². The molecule has 0 amide bonds. The van der Waals surface area contributed by atoms with Crippen LogP contribution < -0.4 is 0 Å². The van der Waals surface area contributed by atoms with Crippen LogP contribution in [-0.2, 0) is 0 Å². The van der Waals surface area contributed by atoms with Gasteiger partial charge in [0.2, 0.25) is 0 Å². The van der Waals surface area contributed by atoms with Crippen LogP contribution in [0, 0.1) is 0 Å². The van der Waals surface area contributed by atoms with Crippen LogP contribution in [0.4, 0.5) is 5.69 Å². The number of hydrogen-bond acceptors (Lipinski definition) is 2. The highest BCUT2D eigenvalue weighted by molar-refractivity contribution is 6.34. The molecule has 2 nitrogen and oxygen atoms in total. The smallest absolute Gasteiger partial charge is 0.136 e. The minimum absolute atomic E-state index is 0.509. The summed E-state index contributed by atoms with van der Waals surface area (Å²) < 4.78 is 0. The van der Waals surface area contributed by atoms with Crippen LogP contribution in [-0.4, -0.2) is 11.2 Å². The molecule has 0 radical (unpaired) electrons. The summed E-state index contributed by atoms with van der Waals surface area (Å²) in [6.07, 6.45) is 3.55.